The van der Waals surface area contributed by atoms with Gasteiger partial charge in [-0.25, -0.2) is 0 Å². The summed E-state index contributed by atoms with van der Waals surface area (Å²) in [4.78, 5) is 2.61. The van der Waals surface area contributed by atoms with E-state index in [0.29, 0.717) is 12.1 Å². The van der Waals surface area contributed by atoms with Crippen molar-refractivity contribution in [3.8, 4) is 0 Å². The van der Waals surface area contributed by atoms with Gasteiger partial charge in [0, 0.05) is 24.8 Å². The Labute approximate surface area is 115 Å². The maximum Gasteiger partial charge on any atom is 0.0731 e. The maximum atomic E-state index is 5.93. The molecule has 2 unspecified atom stereocenters. The summed E-state index contributed by atoms with van der Waals surface area (Å²) in [5, 5.41) is 0. The second-order valence-corrected chi connectivity index (χ2v) is 5.92. The molecule has 1 aromatic rings. The third-order valence-electron chi connectivity index (χ3n) is 4.57. The molecule has 19 heavy (non-hydrogen) atoms. The van der Waals surface area contributed by atoms with Gasteiger partial charge in [-0.2, -0.15) is 0 Å². The lowest BCUT2D eigenvalue weighted by Gasteiger charge is -2.44. The van der Waals surface area contributed by atoms with Crippen LogP contribution in [0.25, 0.3) is 0 Å². The smallest absolute Gasteiger partial charge is 0.0731 e. The van der Waals surface area contributed by atoms with E-state index in [1.54, 1.807) is 0 Å². The first-order valence-corrected chi connectivity index (χ1v) is 7.45. The first-order chi connectivity index (χ1) is 9.24. The molecule has 1 saturated carbocycles. The van der Waals surface area contributed by atoms with E-state index in [1.165, 1.54) is 36.8 Å². The van der Waals surface area contributed by atoms with E-state index in [2.05, 4.69) is 24.0 Å². The van der Waals surface area contributed by atoms with Gasteiger partial charge in [0.15, 0.2) is 0 Å². The molecule has 1 saturated heterocycles. The molecule has 2 fully saturated rings. The highest BCUT2D eigenvalue weighted by Crippen LogP contribution is 2.29. The van der Waals surface area contributed by atoms with Crippen molar-refractivity contribution in [3.63, 3.8) is 0 Å². The second-order valence-electron chi connectivity index (χ2n) is 5.92. The van der Waals surface area contributed by atoms with Crippen LogP contribution in [-0.4, -0.2) is 30.2 Å². The maximum absolute atomic E-state index is 5.93. The zero-order valence-electron chi connectivity index (χ0n) is 11.8. The topological polar surface area (TPSA) is 38.5 Å². The molecule has 2 atom stereocenters. The van der Waals surface area contributed by atoms with Crippen LogP contribution in [-0.2, 0) is 11.3 Å². The van der Waals surface area contributed by atoms with Crippen LogP contribution < -0.4 is 5.73 Å². The van der Waals surface area contributed by atoms with Crippen LogP contribution in [0.4, 0.5) is 5.69 Å². The third-order valence-corrected chi connectivity index (χ3v) is 4.57. The standard InChI is InChI=1S/C16H24N2O/c1-12-10-13(6-7-14(12)17)11-18-8-9-19-16-5-3-2-4-15(16)18/h6-7,10,15-16H,2-5,8-9,11,17H2,1H3. The predicted molar refractivity (Wildman–Crippen MR) is 78.0 cm³/mol. The molecule has 1 aromatic carbocycles. The van der Waals surface area contributed by atoms with E-state index < -0.39 is 0 Å². The van der Waals surface area contributed by atoms with E-state index in [9.17, 15) is 0 Å². The number of morpholine rings is 1. The Kier molecular flexibility index (Phi) is 3.76. The van der Waals surface area contributed by atoms with E-state index in [-0.39, 0.29) is 0 Å². The minimum absolute atomic E-state index is 0.470. The van der Waals surface area contributed by atoms with Gasteiger partial charge in [0.25, 0.3) is 0 Å². The van der Waals surface area contributed by atoms with Gasteiger partial charge in [-0.3, -0.25) is 4.90 Å². The molecule has 0 amide bonds. The van der Waals surface area contributed by atoms with E-state index in [1.807, 2.05) is 6.07 Å². The van der Waals surface area contributed by atoms with Crippen LogP contribution in [0.3, 0.4) is 0 Å². The van der Waals surface area contributed by atoms with E-state index >= 15 is 0 Å². The highest BCUT2D eigenvalue weighted by Gasteiger charge is 2.33. The van der Waals surface area contributed by atoms with Crippen molar-refractivity contribution in [3.05, 3.63) is 29.3 Å². The molecule has 3 heteroatoms. The van der Waals surface area contributed by atoms with Crippen LogP contribution in [0.5, 0.6) is 0 Å². The molecule has 0 radical (unpaired) electrons. The highest BCUT2D eigenvalue weighted by molar-refractivity contribution is 5.47. The van der Waals surface area contributed by atoms with Gasteiger partial charge >= 0.3 is 0 Å². The molecule has 0 bridgehead atoms. The third kappa shape index (κ3) is 2.77. The van der Waals surface area contributed by atoms with Gasteiger partial charge < -0.3 is 10.5 Å². The number of fused-ring (bicyclic) bond motifs is 1. The van der Waals surface area contributed by atoms with Gasteiger partial charge in [0.1, 0.15) is 0 Å². The van der Waals surface area contributed by atoms with Crippen molar-refractivity contribution in [2.45, 2.75) is 51.3 Å². The van der Waals surface area contributed by atoms with Crippen LogP contribution in [0, 0.1) is 6.92 Å². The number of nitrogens with two attached hydrogens (primary N) is 1. The molecular formula is C16H24N2O. The largest absolute Gasteiger partial charge is 0.399 e. The molecule has 0 spiro atoms. The van der Waals surface area contributed by atoms with Crippen molar-refractivity contribution in [2.24, 2.45) is 0 Å². The Morgan fingerprint density at radius 2 is 2.16 bits per heavy atom. The zero-order chi connectivity index (χ0) is 13.2. The average Bonchev–Trinajstić information content (AvgIpc) is 2.43. The highest BCUT2D eigenvalue weighted by atomic mass is 16.5. The monoisotopic (exact) mass is 260 g/mol. The summed E-state index contributed by atoms with van der Waals surface area (Å²) in [6.07, 6.45) is 5.68. The molecule has 104 valence electrons. The number of hydrogen-bond donors (Lipinski definition) is 1. The number of ether oxygens (including phenoxy) is 1. The Balaban J connectivity index is 1.72. The SMILES string of the molecule is Cc1cc(CN2CCOC3CCCCC32)ccc1N. The Hall–Kier alpha value is -1.06. The fourth-order valence-electron chi connectivity index (χ4n) is 3.44. The molecule has 1 aliphatic carbocycles. The molecule has 2 N–H and O–H groups in total. The van der Waals surface area contributed by atoms with Crippen molar-refractivity contribution >= 4 is 5.69 Å². The fraction of sp³-hybridized carbons (Fsp3) is 0.625. The lowest BCUT2D eigenvalue weighted by molar-refractivity contribution is -0.0911. The minimum atomic E-state index is 0.470. The molecule has 3 rings (SSSR count). The van der Waals surface area contributed by atoms with Gasteiger partial charge in [0.05, 0.1) is 12.7 Å². The summed E-state index contributed by atoms with van der Waals surface area (Å²) in [5.74, 6) is 0. The van der Waals surface area contributed by atoms with Crippen molar-refractivity contribution in [1.82, 2.24) is 4.90 Å². The summed E-state index contributed by atoms with van der Waals surface area (Å²) in [6.45, 7) is 5.06. The lowest BCUT2D eigenvalue weighted by atomic mass is 9.90. The van der Waals surface area contributed by atoms with Crippen molar-refractivity contribution in [1.29, 1.82) is 0 Å². The Morgan fingerprint density at radius 1 is 1.32 bits per heavy atom. The number of benzene rings is 1. The molecule has 1 aliphatic heterocycles. The average molecular weight is 260 g/mol. The minimum Gasteiger partial charge on any atom is -0.399 e. The summed E-state index contributed by atoms with van der Waals surface area (Å²) in [7, 11) is 0. The van der Waals surface area contributed by atoms with Crippen LogP contribution in [0.2, 0.25) is 0 Å². The molecule has 3 nitrogen and oxygen atoms in total. The molecule has 1 heterocycles. The summed E-state index contributed by atoms with van der Waals surface area (Å²) in [6, 6.07) is 7.04. The van der Waals surface area contributed by atoms with Gasteiger partial charge in [0.2, 0.25) is 0 Å². The number of nitrogens with zero attached hydrogens (tertiary/aromatic N) is 1. The van der Waals surface area contributed by atoms with Gasteiger partial charge in [-0.05, 0) is 37.0 Å². The van der Waals surface area contributed by atoms with Gasteiger partial charge in [-0.1, -0.05) is 25.0 Å². The molecule has 2 aliphatic rings. The second kappa shape index (κ2) is 5.51. The first-order valence-electron chi connectivity index (χ1n) is 7.45. The number of nitrogen functional groups attached to an aromatic ring is 1. The van der Waals surface area contributed by atoms with Gasteiger partial charge in [-0.15, -0.1) is 0 Å². The Morgan fingerprint density at radius 3 is 3.00 bits per heavy atom. The number of anilines is 1. The quantitative estimate of drug-likeness (QED) is 0.831. The molecule has 0 aromatic heterocycles. The summed E-state index contributed by atoms with van der Waals surface area (Å²) < 4.78 is 5.93. The summed E-state index contributed by atoms with van der Waals surface area (Å²) in [5.41, 5.74) is 9.34. The van der Waals surface area contributed by atoms with E-state index in [0.717, 1.165) is 25.4 Å². The van der Waals surface area contributed by atoms with E-state index in [4.69, 9.17) is 10.5 Å². The normalized spacial score (nSPS) is 28.1. The molecular weight excluding hydrogens is 236 g/mol. The number of aryl methyl sites for hydroxylation is 1. The summed E-state index contributed by atoms with van der Waals surface area (Å²) >= 11 is 0. The number of rotatable bonds is 2. The zero-order valence-corrected chi connectivity index (χ0v) is 11.8. The predicted octanol–water partition coefficient (Wildman–Crippen LogP) is 2.72. The van der Waals surface area contributed by atoms with Crippen LogP contribution >= 0.6 is 0 Å². The lowest BCUT2D eigenvalue weighted by Crippen LogP contribution is -2.52. The van der Waals surface area contributed by atoms with Crippen LogP contribution in [0.15, 0.2) is 18.2 Å². The number of hydrogen-bond acceptors (Lipinski definition) is 3. The van der Waals surface area contributed by atoms with Crippen LogP contribution in [0.1, 0.15) is 36.8 Å². The Bertz CT molecular complexity index is 444. The first kappa shape index (κ1) is 12.9. The van der Waals surface area contributed by atoms with Crippen molar-refractivity contribution < 1.29 is 4.74 Å². The van der Waals surface area contributed by atoms with Crippen molar-refractivity contribution in [2.75, 3.05) is 18.9 Å². The fourth-order valence-corrected chi connectivity index (χ4v) is 3.44.